The van der Waals surface area contributed by atoms with Gasteiger partial charge in [-0.3, -0.25) is 0 Å². The first-order chi connectivity index (χ1) is 8.48. The summed E-state index contributed by atoms with van der Waals surface area (Å²) in [6.45, 7) is 11.7. The Morgan fingerprint density at radius 3 is 2.72 bits per heavy atom. The van der Waals surface area contributed by atoms with Crippen molar-refractivity contribution in [3.05, 3.63) is 23.9 Å². The van der Waals surface area contributed by atoms with Gasteiger partial charge in [0.2, 0.25) is 5.88 Å². The molecule has 1 aromatic rings. The maximum absolute atomic E-state index is 5.91. The molecule has 3 heteroatoms. The number of hydrogen-bond donors (Lipinski definition) is 1. The maximum Gasteiger partial charge on any atom is 0.214 e. The molecule has 0 bridgehead atoms. The first kappa shape index (κ1) is 15.0. The predicted octanol–water partition coefficient (Wildman–Crippen LogP) is 3.71. The fraction of sp³-hybridized carbons (Fsp3) is 0.667. The van der Waals surface area contributed by atoms with Gasteiger partial charge >= 0.3 is 0 Å². The van der Waals surface area contributed by atoms with E-state index >= 15 is 0 Å². The Hall–Kier alpha value is -1.09. The van der Waals surface area contributed by atoms with Crippen LogP contribution < -0.4 is 10.1 Å². The van der Waals surface area contributed by atoms with Gasteiger partial charge in [0.25, 0.3) is 0 Å². The van der Waals surface area contributed by atoms with E-state index in [4.69, 9.17) is 4.74 Å². The number of hydrogen-bond acceptors (Lipinski definition) is 3. The van der Waals surface area contributed by atoms with Gasteiger partial charge in [-0.05, 0) is 51.8 Å². The van der Waals surface area contributed by atoms with Crippen LogP contribution in [0.3, 0.4) is 0 Å². The molecule has 1 unspecified atom stereocenters. The second-order valence-corrected chi connectivity index (χ2v) is 5.32. The van der Waals surface area contributed by atoms with Gasteiger partial charge in [-0.2, -0.15) is 0 Å². The first-order valence-electron chi connectivity index (χ1n) is 6.87. The summed E-state index contributed by atoms with van der Waals surface area (Å²) >= 11 is 0. The Bertz CT molecular complexity index is 363. The zero-order valence-electron chi connectivity index (χ0n) is 12.3. The summed E-state index contributed by atoms with van der Waals surface area (Å²) in [7, 11) is 0. The van der Waals surface area contributed by atoms with Crippen molar-refractivity contribution in [2.75, 3.05) is 6.54 Å². The van der Waals surface area contributed by atoms with Crippen LogP contribution >= 0.6 is 0 Å². The van der Waals surface area contributed by atoms with Gasteiger partial charge in [-0.25, -0.2) is 4.98 Å². The Labute approximate surface area is 111 Å². The van der Waals surface area contributed by atoms with Gasteiger partial charge < -0.3 is 10.1 Å². The van der Waals surface area contributed by atoms with Crippen molar-refractivity contribution in [3.63, 3.8) is 0 Å². The smallest absolute Gasteiger partial charge is 0.214 e. The lowest BCUT2D eigenvalue weighted by Gasteiger charge is -2.24. The minimum Gasteiger partial charge on any atom is -0.472 e. The van der Waals surface area contributed by atoms with E-state index in [0.29, 0.717) is 11.9 Å². The van der Waals surface area contributed by atoms with Crippen molar-refractivity contribution < 1.29 is 4.74 Å². The molecule has 3 nitrogen and oxygen atoms in total. The van der Waals surface area contributed by atoms with Crippen molar-refractivity contribution >= 4 is 0 Å². The fourth-order valence-corrected chi connectivity index (χ4v) is 1.58. The zero-order chi connectivity index (χ0) is 13.6. The maximum atomic E-state index is 5.91. The highest BCUT2D eigenvalue weighted by molar-refractivity contribution is 5.23. The number of aromatic nitrogens is 1. The first-order valence-corrected chi connectivity index (χ1v) is 6.87. The van der Waals surface area contributed by atoms with Crippen LogP contribution in [0.1, 0.15) is 59.1 Å². The van der Waals surface area contributed by atoms with Crippen LogP contribution in [0.15, 0.2) is 18.3 Å². The molecule has 102 valence electrons. The third-order valence-corrected chi connectivity index (χ3v) is 3.19. The van der Waals surface area contributed by atoms with Crippen molar-refractivity contribution in [2.24, 2.45) is 0 Å². The highest BCUT2D eigenvalue weighted by Crippen LogP contribution is 2.22. The van der Waals surface area contributed by atoms with E-state index in [1.807, 2.05) is 18.3 Å². The number of nitrogens with zero attached hydrogens (tertiary/aromatic N) is 1. The molecular formula is C15H26N2O. The molecule has 0 saturated carbocycles. The fourth-order valence-electron chi connectivity index (χ4n) is 1.58. The minimum absolute atomic E-state index is 0.161. The van der Waals surface area contributed by atoms with E-state index in [9.17, 15) is 0 Å². The summed E-state index contributed by atoms with van der Waals surface area (Å²) in [6.07, 6.45) is 3.92. The third kappa shape index (κ3) is 4.65. The molecule has 1 atom stereocenters. The normalized spacial score (nSPS) is 13.4. The van der Waals surface area contributed by atoms with E-state index in [1.165, 1.54) is 5.56 Å². The highest BCUT2D eigenvalue weighted by Gasteiger charge is 2.18. The van der Waals surface area contributed by atoms with Crippen molar-refractivity contribution in [1.82, 2.24) is 10.3 Å². The van der Waals surface area contributed by atoms with Crippen LogP contribution in [0, 0.1) is 0 Å². The molecule has 0 aliphatic rings. The summed E-state index contributed by atoms with van der Waals surface area (Å²) in [5.74, 6) is 0.712. The number of ether oxygens (including phenoxy) is 1. The largest absolute Gasteiger partial charge is 0.472 e. The summed E-state index contributed by atoms with van der Waals surface area (Å²) in [4.78, 5) is 4.29. The highest BCUT2D eigenvalue weighted by atomic mass is 16.5. The quantitative estimate of drug-likeness (QED) is 0.801. The van der Waals surface area contributed by atoms with E-state index in [1.54, 1.807) is 0 Å². The third-order valence-electron chi connectivity index (χ3n) is 3.19. The Kier molecular flexibility index (Phi) is 5.60. The molecule has 0 aromatic carbocycles. The summed E-state index contributed by atoms with van der Waals surface area (Å²) < 4.78 is 5.91. The molecule has 1 N–H and O–H groups in total. The van der Waals surface area contributed by atoms with E-state index in [2.05, 4.69) is 44.9 Å². The van der Waals surface area contributed by atoms with Gasteiger partial charge in [0.1, 0.15) is 5.60 Å². The average Bonchev–Trinajstić information content (AvgIpc) is 2.35. The van der Waals surface area contributed by atoms with E-state index < -0.39 is 0 Å². The molecule has 0 amide bonds. The molecule has 0 aliphatic carbocycles. The van der Waals surface area contributed by atoms with Crippen LogP contribution in [0.2, 0.25) is 0 Å². The van der Waals surface area contributed by atoms with Crippen molar-refractivity contribution in [2.45, 2.75) is 59.1 Å². The molecule has 1 rings (SSSR count). The Balaban J connectivity index is 2.73. The molecule has 1 heterocycles. The molecule has 0 radical (unpaired) electrons. The summed E-state index contributed by atoms with van der Waals surface area (Å²) in [5.41, 5.74) is 1.06. The van der Waals surface area contributed by atoms with Crippen molar-refractivity contribution in [3.8, 4) is 5.88 Å². The van der Waals surface area contributed by atoms with Crippen LogP contribution in [-0.4, -0.2) is 17.1 Å². The van der Waals surface area contributed by atoms with Gasteiger partial charge in [0.05, 0.1) is 0 Å². The average molecular weight is 250 g/mol. The lowest BCUT2D eigenvalue weighted by Crippen LogP contribution is -2.27. The van der Waals surface area contributed by atoms with E-state index in [0.717, 1.165) is 19.4 Å². The van der Waals surface area contributed by atoms with Crippen LogP contribution in [-0.2, 0) is 0 Å². The molecule has 0 saturated heterocycles. The lowest BCUT2D eigenvalue weighted by molar-refractivity contribution is 0.0988. The molecular weight excluding hydrogens is 224 g/mol. The van der Waals surface area contributed by atoms with Gasteiger partial charge in [-0.1, -0.05) is 13.8 Å². The lowest BCUT2D eigenvalue weighted by atomic mass is 10.1. The SMILES string of the molecule is CCCNC(C)c1ccnc(OC(C)(C)CC)c1. The number of nitrogens with one attached hydrogen (secondary N) is 1. The molecule has 0 aliphatic heterocycles. The van der Waals surface area contributed by atoms with Gasteiger partial charge in [-0.15, -0.1) is 0 Å². The topological polar surface area (TPSA) is 34.2 Å². The Morgan fingerprint density at radius 2 is 2.11 bits per heavy atom. The van der Waals surface area contributed by atoms with Crippen LogP contribution in [0.4, 0.5) is 0 Å². The zero-order valence-corrected chi connectivity index (χ0v) is 12.3. The number of pyridine rings is 1. The molecule has 1 aromatic heterocycles. The molecule has 18 heavy (non-hydrogen) atoms. The van der Waals surface area contributed by atoms with Crippen LogP contribution in [0.5, 0.6) is 5.88 Å². The summed E-state index contributed by atoms with van der Waals surface area (Å²) in [6, 6.07) is 4.41. The second-order valence-electron chi connectivity index (χ2n) is 5.32. The predicted molar refractivity (Wildman–Crippen MR) is 75.9 cm³/mol. The van der Waals surface area contributed by atoms with Crippen molar-refractivity contribution in [1.29, 1.82) is 0 Å². The second kappa shape index (κ2) is 6.74. The molecule has 0 spiro atoms. The minimum atomic E-state index is -0.161. The van der Waals surface area contributed by atoms with Crippen LogP contribution in [0.25, 0.3) is 0 Å². The monoisotopic (exact) mass is 250 g/mol. The number of rotatable bonds is 7. The summed E-state index contributed by atoms with van der Waals surface area (Å²) in [5, 5.41) is 3.47. The Morgan fingerprint density at radius 1 is 1.39 bits per heavy atom. The van der Waals surface area contributed by atoms with Gasteiger partial charge in [0, 0.05) is 18.3 Å². The van der Waals surface area contributed by atoms with E-state index in [-0.39, 0.29) is 5.60 Å². The standard InChI is InChI=1S/C15H26N2O/c1-6-9-16-12(3)13-8-10-17-14(11-13)18-15(4,5)7-2/h8,10-12,16H,6-7,9H2,1-5H3. The molecule has 0 fully saturated rings. The van der Waals surface area contributed by atoms with Gasteiger partial charge in [0.15, 0.2) is 0 Å².